The van der Waals surface area contributed by atoms with Crippen LogP contribution in [0, 0.1) is 6.92 Å². The van der Waals surface area contributed by atoms with E-state index >= 15 is 0 Å². The topological polar surface area (TPSA) is 45.7 Å². The van der Waals surface area contributed by atoms with Gasteiger partial charge in [0.1, 0.15) is 0 Å². The molecule has 0 unspecified atom stereocenters. The van der Waals surface area contributed by atoms with E-state index in [0.29, 0.717) is 18.7 Å². The summed E-state index contributed by atoms with van der Waals surface area (Å²) >= 11 is 0. The minimum absolute atomic E-state index is 0.0387. The molecule has 3 rings (SSSR count). The molecule has 2 aromatic rings. The predicted molar refractivity (Wildman–Crippen MR) is 108 cm³/mol. The molecule has 1 fully saturated rings. The number of carbonyl (C=O) groups excluding carboxylic acids is 1. The Morgan fingerprint density at radius 2 is 1.96 bits per heavy atom. The van der Waals surface area contributed by atoms with Crippen molar-refractivity contribution in [3.8, 4) is 11.1 Å². The summed E-state index contributed by atoms with van der Waals surface area (Å²) in [6, 6.07) is 12.0. The van der Waals surface area contributed by atoms with Gasteiger partial charge >= 0.3 is 0 Å². The number of hydrogen-bond acceptors (Lipinski definition) is 4. The van der Waals surface area contributed by atoms with Gasteiger partial charge in [-0.25, -0.2) is 0 Å². The van der Waals surface area contributed by atoms with Crippen molar-refractivity contribution >= 4 is 5.91 Å². The predicted octanol–water partition coefficient (Wildman–Crippen LogP) is 3.24. The van der Waals surface area contributed by atoms with Crippen LogP contribution < -0.4 is 0 Å². The molecule has 0 saturated carbocycles. The molecule has 0 N–H and O–H groups in total. The molecule has 144 valence electrons. The molecule has 1 aliphatic heterocycles. The number of likely N-dealkylation sites (N-methyl/N-ethyl adjacent to an activating group) is 1. The van der Waals surface area contributed by atoms with E-state index in [9.17, 15) is 4.79 Å². The standard InChI is InChI=1S/C22H29N3O2/c1-17-21(20(11-12-23-17)18-8-5-4-6-9-18)22(26)25(14-13-24(2)3)16-19-10-7-15-27-19/h4-6,8-9,11-12,19H,7,10,13-16H2,1-3H3/t19-/m1/s1. The van der Waals surface area contributed by atoms with Crippen LogP contribution in [-0.4, -0.2) is 67.1 Å². The first kappa shape index (κ1) is 19.5. The number of rotatable bonds is 7. The van der Waals surface area contributed by atoms with Gasteiger partial charge in [-0.05, 0) is 51.1 Å². The van der Waals surface area contributed by atoms with E-state index in [2.05, 4.69) is 9.88 Å². The number of amides is 1. The third-order valence-corrected chi connectivity index (χ3v) is 4.99. The number of ether oxygens (including phenoxy) is 1. The average molecular weight is 367 g/mol. The molecule has 1 saturated heterocycles. The third kappa shape index (κ3) is 4.93. The van der Waals surface area contributed by atoms with Crippen molar-refractivity contribution in [1.29, 1.82) is 0 Å². The summed E-state index contributed by atoms with van der Waals surface area (Å²) in [6.45, 7) is 4.83. The molecule has 5 heteroatoms. The molecular weight excluding hydrogens is 338 g/mol. The van der Waals surface area contributed by atoms with E-state index in [1.54, 1.807) is 6.20 Å². The molecule has 27 heavy (non-hydrogen) atoms. The number of benzene rings is 1. The highest BCUT2D eigenvalue weighted by atomic mass is 16.5. The van der Waals surface area contributed by atoms with Crippen LogP contribution in [0.5, 0.6) is 0 Å². The highest BCUT2D eigenvalue weighted by Crippen LogP contribution is 2.27. The smallest absolute Gasteiger partial charge is 0.256 e. The fourth-order valence-electron chi connectivity index (χ4n) is 3.48. The van der Waals surface area contributed by atoms with E-state index in [-0.39, 0.29) is 12.0 Å². The maximum Gasteiger partial charge on any atom is 0.256 e. The van der Waals surface area contributed by atoms with Crippen molar-refractivity contribution < 1.29 is 9.53 Å². The molecule has 5 nitrogen and oxygen atoms in total. The summed E-state index contributed by atoms with van der Waals surface area (Å²) < 4.78 is 5.80. The summed E-state index contributed by atoms with van der Waals surface area (Å²) in [4.78, 5) is 22.0. The number of nitrogens with zero attached hydrogens (tertiary/aromatic N) is 3. The van der Waals surface area contributed by atoms with Crippen LogP contribution in [0.1, 0.15) is 28.9 Å². The van der Waals surface area contributed by atoms with Gasteiger partial charge in [-0.1, -0.05) is 30.3 Å². The van der Waals surface area contributed by atoms with Crippen molar-refractivity contribution in [3.05, 3.63) is 53.9 Å². The number of aryl methyl sites for hydroxylation is 1. The Kier molecular flexibility index (Phi) is 6.58. The van der Waals surface area contributed by atoms with Crippen molar-refractivity contribution in [3.63, 3.8) is 0 Å². The normalized spacial score (nSPS) is 16.7. The SMILES string of the molecule is Cc1nccc(-c2ccccc2)c1C(=O)N(CCN(C)C)C[C@H]1CCCO1. The van der Waals surface area contributed by atoms with Gasteiger partial charge in [-0.3, -0.25) is 9.78 Å². The van der Waals surface area contributed by atoms with Crippen LogP contribution in [0.4, 0.5) is 0 Å². The molecule has 2 heterocycles. The summed E-state index contributed by atoms with van der Waals surface area (Å²) in [6.07, 6.45) is 4.00. The van der Waals surface area contributed by atoms with Gasteiger partial charge in [0.25, 0.3) is 5.91 Å². The minimum Gasteiger partial charge on any atom is -0.376 e. The zero-order valence-corrected chi connectivity index (χ0v) is 16.5. The number of aromatic nitrogens is 1. The molecule has 1 amide bonds. The molecule has 1 aliphatic rings. The lowest BCUT2D eigenvalue weighted by Gasteiger charge is -2.28. The summed E-state index contributed by atoms with van der Waals surface area (Å²) in [5.74, 6) is 0.0387. The largest absolute Gasteiger partial charge is 0.376 e. The highest BCUT2D eigenvalue weighted by molar-refractivity contribution is 6.01. The van der Waals surface area contributed by atoms with Crippen LogP contribution in [0.25, 0.3) is 11.1 Å². The van der Waals surface area contributed by atoms with E-state index in [4.69, 9.17) is 4.74 Å². The van der Waals surface area contributed by atoms with E-state index < -0.39 is 0 Å². The average Bonchev–Trinajstić information content (AvgIpc) is 3.18. The lowest BCUT2D eigenvalue weighted by molar-refractivity contribution is 0.0512. The Labute approximate surface area is 162 Å². The first-order valence-electron chi connectivity index (χ1n) is 9.63. The molecule has 0 spiro atoms. The van der Waals surface area contributed by atoms with Crippen molar-refractivity contribution in [2.75, 3.05) is 40.3 Å². The van der Waals surface area contributed by atoms with Gasteiger partial charge in [-0.2, -0.15) is 0 Å². The quantitative estimate of drug-likeness (QED) is 0.754. The molecule has 1 atom stereocenters. The second-order valence-corrected chi connectivity index (χ2v) is 7.37. The summed E-state index contributed by atoms with van der Waals surface area (Å²) in [5.41, 5.74) is 3.44. The fourth-order valence-corrected chi connectivity index (χ4v) is 3.48. The molecule has 0 radical (unpaired) electrons. The zero-order chi connectivity index (χ0) is 19.2. The Balaban J connectivity index is 1.92. The Morgan fingerprint density at radius 3 is 2.63 bits per heavy atom. The van der Waals surface area contributed by atoms with Gasteiger partial charge in [0.05, 0.1) is 17.4 Å². The highest BCUT2D eigenvalue weighted by Gasteiger charge is 2.26. The second kappa shape index (κ2) is 9.11. The first-order chi connectivity index (χ1) is 13.1. The maximum atomic E-state index is 13.6. The number of pyridine rings is 1. The van der Waals surface area contributed by atoms with Gasteiger partial charge in [0.2, 0.25) is 0 Å². The van der Waals surface area contributed by atoms with Crippen molar-refractivity contribution in [1.82, 2.24) is 14.8 Å². The van der Waals surface area contributed by atoms with Crippen LogP contribution in [0.2, 0.25) is 0 Å². The lowest BCUT2D eigenvalue weighted by Crippen LogP contribution is -2.41. The van der Waals surface area contributed by atoms with Gasteiger partial charge in [0.15, 0.2) is 0 Å². The summed E-state index contributed by atoms with van der Waals surface area (Å²) in [5, 5.41) is 0. The molecular formula is C22H29N3O2. The Hall–Kier alpha value is -2.24. The molecule has 1 aromatic carbocycles. The van der Waals surface area contributed by atoms with Crippen molar-refractivity contribution in [2.24, 2.45) is 0 Å². The van der Waals surface area contributed by atoms with Gasteiger partial charge in [-0.15, -0.1) is 0 Å². The number of hydrogen-bond donors (Lipinski definition) is 0. The van der Waals surface area contributed by atoms with Crippen LogP contribution in [0.15, 0.2) is 42.6 Å². The summed E-state index contributed by atoms with van der Waals surface area (Å²) in [7, 11) is 4.05. The lowest BCUT2D eigenvalue weighted by atomic mass is 9.98. The van der Waals surface area contributed by atoms with Crippen LogP contribution in [0.3, 0.4) is 0 Å². The van der Waals surface area contributed by atoms with Crippen molar-refractivity contribution in [2.45, 2.75) is 25.9 Å². The van der Waals surface area contributed by atoms with Gasteiger partial charge in [0, 0.05) is 32.4 Å². The second-order valence-electron chi connectivity index (χ2n) is 7.37. The number of carbonyl (C=O) groups is 1. The van der Waals surface area contributed by atoms with Crippen LogP contribution >= 0.6 is 0 Å². The Bertz CT molecular complexity index is 755. The molecule has 0 aliphatic carbocycles. The van der Waals surface area contributed by atoms with E-state index in [0.717, 1.165) is 42.8 Å². The minimum atomic E-state index is 0.0387. The third-order valence-electron chi connectivity index (χ3n) is 4.99. The van der Waals surface area contributed by atoms with Gasteiger partial charge < -0.3 is 14.5 Å². The van der Waals surface area contributed by atoms with E-state index in [1.807, 2.05) is 62.3 Å². The maximum absolute atomic E-state index is 13.6. The monoisotopic (exact) mass is 367 g/mol. The molecule has 1 aromatic heterocycles. The molecule has 0 bridgehead atoms. The van der Waals surface area contributed by atoms with E-state index in [1.165, 1.54) is 0 Å². The first-order valence-corrected chi connectivity index (χ1v) is 9.63. The zero-order valence-electron chi connectivity index (χ0n) is 16.5. The fraction of sp³-hybridized carbons (Fsp3) is 0.455. The van der Waals surface area contributed by atoms with Crippen LogP contribution in [-0.2, 0) is 4.74 Å². The Morgan fingerprint density at radius 1 is 1.19 bits per heavy atom.